The minimum atomic E-state index is -0.149. The minimum Gasteiger partial charge on any atom is -0.245 e. The molecular formula is C10H10FNS. The monoisotopic (exact) mass is 195 g/mol. The molecule has 0 aliphatic carbocycles. The molecule has 0 radical (unpaired) electrons. The van der Waals surface area contributed by atoms with E-state index in [0.29, 0.717) is 10.6 Å². The van der Waals surface area contributed by atoms with Gasteiger partial charge >= 0.3 is 0 Å². The van der Waals surface area contributed by atoms with E-state index in [0.717, 1.165) is 11.1 Å². The highest BCUT2D eigenvalue weighted by molar-refractivity contribution is 7.16. The molecule has 0 spiro atoms. The molecule has 0 saturated carbocycles. The molecule has 13 heavy (non-hydrogen) atoms. The van der Waals surface area contributed by atoms with Crippen molar-refractivity contribution >= 4 is 21.6 Å². The number of aromatic nitrogens is 1. The summed E-state index contributed by atoms with van der Waals surface area (Å²) in [5.41, 5.74) is 3.46. The minimum absolute atomic E-state index is 0.149. The third kappa shape index (κ3) is 1.44. The van der Waals surface area contributed by atoms with E-state index in [1.54, 1.807) is 11.6 Å². The lowest BCUT2D eigenvalue weighted by atomic mass is 10.0. The van der Waals surface area contributed by atoms with Crippen molar-refractivity contribution in [3.8, 4) is 0 Å². The van der Waals surface area contributed by atoms with E-state index in [9.17, 15) is 4.39 Å². The maximum Gasteiger partial charge on any atom is 0.142 e. The van der Waals surface area contributed by atoms with Crippen molar-refractivity contribution in [1.82, 2.24) is 4.98 Å². The summed E-state index contributed by atoms with van der Waals surface area (Å²) in [7, 11) is 0. The number of benzene rings is 1. The summed E-state index contributed by atoms with van der Waals surface area (Å²) in [4.78, 5) is 4.10. The molecule has 0 saturated heterocycles. The van der Waals surface area contributed by atoms with Crippen molar-refractivity contribution in [1.29, 1.82) is 0 Å². The first-order chi connectivity index (χ1) is 6.18. The average molecular weight is 195 g/mol. The quantitative estimate of drug-likeness (QED) is 0.678. The van der Waals surface area contributed by atoms with E-state index in [-0.39, 0.29) is 5.82 Å². The van der Waals surface area contributed by atoms with E-state index in [2.05, 4.69) is 4.98 Å². The van der Waals surface area contributed by atoms with Crippen molar-refractivity contribution in [2.75, 3.05) is 0 Å². The first-order valence-corrected chi connectivity index (χ1v) is 5.09. The number of halogens is 1. The van der Waals surface area contributed by atoms with Crippen LogP contribution in [-0.4, -0.2) is 4.98 Å². The lowest BCUT2D eigenvalue weighted by Gasteiger charge is -2.04. The van der Waals surface area contributed by atoms with Crippen LogP contribution in [0.15, 0.2) is 17.6 Å². The molecule has 3 heteroatoms. The number of thiazole rings is 1. The summed E-state index contributed by atoms with van der Waals surface area (Å²) in [5, 5.41) is 0. The molecule has 1 aromatic carbocycles. The fourth-order valence-corrected chi connectivity index (χ4v) is 1.96. The van der Waals surface area contributed by atoms with E-state index < -0.39 is 0 Å². The van der Waals surface area contributed by atoms with E-state index in [1.807, 2.05) is 19.9 Å². The second kappa shape index (κ2) is 3.07. The molecule has 2 aromatic rings. The summed E-state index contributed by atoms with van der Waals surface area (Å²) in [6.07, 6.45) is 0. The predicted octanol–water partition coefficient (Wildman–Crippen LogP) is 3.56. The Hall–Kier alpha value is -0.960. The van der Waals surface area contributed by atoms with Gasteiger partial charge in [0.2, 0.25) is 0 Å². The Morgan fingerprint density at radius 3 is 2.85 bits per heavy atom. The first-order valence-electron chi connectivity index (χ1n) is 4.21. The van der Waals surface area contributed by atoms with Crippen LogP contribution in [0.1, 0.15) is 25.3 Å². The normalized spacial score (nSPS) is 11.4. The third-order valence-corrected chi connectivity index (χ3v) is 2.93. The lowest BCUT2D eigenvalue weighted by Crippen LogP contribution is -1.88. The SMILES string of the molecule is CC(C)c1cc(F)c2scnc2c1. The highest BCUT2D eigenvalue weighted by Gasteiger charge is 2.07. The summed E-state index contributed by atoms with van der Waals surface area (Å²) < 4.78 is 14.1. The first kappa shape index (κ1) is 8.63. The standard InChI is InChI=1S/C10H10FNS/c1-6(2)7-3-8(11)10-9(4-7)12-5-13-10/h3-6H,1-2H3. The van der Waals surface area contributed by atoms with Crippen molar-refractivity contribution in [3.63, 3.8) is 0 Å². The van der Waals surface area contributed by atoms with Crippen molar-refractivity contribution < 1.29 is 4.39 Å². The van der Waals surface area contributed by atoms with Gasteiger partial charge in [0.25, 0.3) is 0 Å². The van der Waals surface area contributed by atoms with Gasteiger partial charge in [0.1, 0.15) is 5.82 Å². The molecular weight excluding hydrogens is 185 g/mol. The van der Waals surface area contributed by atoms with Gasteiger partial charge in [0.15, 0.2) is 0 Å². The third-order valence-electron chi connectivity index (χ3n) is 2.08. The second-order valence-electron chi connectivity index (χ2n) is 3.36. The van der Waals surface area contributed by atoms with Crippen LogP contribution in [-0.2, 0) is 0 Å². The van der Waals surface area contributed by atoms with Crippen molar-refractivity contribution in [3.05, 3.63) is 29.0 Å². The van der Waals surface area contributed by atoms with Gasteiger partial charge in [-0.2, -0.15) is 0 Å². The molecule has 0 atom stereocenters. The number of nitrogens with zero attached hydrogens (tertiary/aromatic N) is 1. The zero-order valence-electron chi connectivity index (χ0n) is 7.54. The predicted molar refractivity (Wildman–Crippen MR) is 53.7 cm³/mol. The van der Waals surface area contributed by atoms with Crippen LogP contribution < -0.4 is 0 Å². The number of fused-ring (bicyclic) bond motifs is 1. The Morgan fingerprint density at radius 2 is 2.15 bits per heavy atom. The molecule has 2 rings (SSSR count). The van der Waals surface area contributed by atoms with Crippen LogP contribution in [0.2, 0.25) is 0 Å². The molecule has 68 valence electrons. The molecule has 1 nitrogen and oxygen atoms in total. The lowest BCUT2D eigenvalue weighted by molar-refractivity contribution is 0.637. The maximum absolute atomic E-state index is 13.4. The molecule has 1 aromatic heterocycles. The fraction of sp³-hybridized carbons (Fsp3) is 0.300. The smallest absolute Gasteiger partial charge is 0.142 e. The van der Waals surface area contributed by atoms with Crippen molar-refractivity contribution in [2.45, 2.75) is 19.8 Å². The Bertz CT molecular complexity index is 433. The maximum atomic E-state index is 13.4. The second-order valence-corrected chi connectivity index (χ2v) is 4.21. The van der Waals surface area contributed by atoms with Crippen LogP contribution in [0, 0.1) is 5.82 Å². The van der Waals surface area contributed by atoms with Crippen LogP contribution >= 0.6 is 11.3 Å². The highest BCUT2D eigenvalue weighted by Crippen LogP contribution is 2.26. The van der Waals surface area contributed by atoms with Gasteiger partial charge in [-0.3, -0.25) is 0 Å². The van der Waals surface area contributed by atoms with Crippen LogP contribution in [0.5, 0.6) is 0 Å². The average Bonchev–Trinajstić information content (AvgIpc) is 2.51. The molecule has 0 N–H and O–H groups in total. The zero-order chi connectivity index (χ0) is 9.42. The highest BCUT2D eigenvalue weighted by atomic mass is 32.1. The summed E-state index contributed by atoms with van der Waals surface area (Å²) in [6.45, 7) is 4.10. The summed E-state index contributed by atoms with van der Waals surface area (Å²) in [5.74, 6) is 0.198. The number of hydrogen-bond acceptors (Lipinski definition) is 2. The molecule has 0 amide bonds. The summed E-state index contributed by atoms with van der Waals surface area (Å²) in [6, 6.07) is 3.56. The van der Waals surface area contributed by atoms with Gasteiger partial charge in [0, 0.05) is 0 Å². The molecule has 0 aliphatic rings. The Morgan fingerprint density at radius 1 is 1.38 bits per heavy atom. The van der Waals surface area contributed by atoms with E-state index >= 15 is 0 Å². The van der Waals surface area contributed by atoms with Gasteiger partial charge in [-0.25, -0.2) is 9.37 Å². The van der Waals surface area contributed by atoms with Crippen LogP contribution in [0.25, 0.3) is 10.2 Å². The van der Waals surface area contributed by atoms with Crippen LogP contribution in [0.3, 0.4) is 0 Å². The molecule has 0 aliphatic heterocycles. The van der Waals surface area contributed by atoms with Gasteiger partial charge in [0.05, 0.1) is 15.7 Å². The Labute approximate surface area is 80.2 Å². The molecule has 0 unspecified atom stereocenters. The summed E-state index contributed by atoms with van der Waals surface area (Å²) >= 11 is 1.35. The van der Waals surface area contributed by atoms with E-state index in [1.165, 1.54) is 11.3 Å². The van der Waals surface area contributed by atoms with Crippen molar-refractivity contribution in [2.24, 2.45) is 0 Å². The van der Waals surface area contributed by atoms with E-state index in [4.69, 9.17) is 0 Å². The van der Waals surface area contributed by atoms with Gasteiger partial charge in [-0.1, -0.05) is 13.8 Å². The molecule has 0 fully saturated rings. The van der Waals surface area contributed by atoms with Gasteiger partial charge in [-0.05, 0) is 23.6 Å². The van der Waals surface area contributed by atoms with Gasteiger partial charge in [-0.15, -0.1) is 11.3 Å². The van der Waals surface area contributed by atoms with Crippen LogP contribution in [0.4, 0.5) is 4.39 Å². The molecule has 0 bridgehead atoms. The molecule has 1 heterocycles. The largest absolute Gasteiger partial charge is 0.245 e. The number of rotatable bonds is 1. The zero-order valence-corrected chi connectivity index (χ0v) is 8.36. The fourth-order valence-electron chi connectivity index (χ4n) is 1.28. The Balaban J connectivity index is 2.70. The topological polar surface area (TPSA) is 12.9 Å². The number of hydrogen-bond donors (Lipinski definition) is 0. The Kier molecular flexibility index (Phi) is 2.04. The van der Waals surface area contributed by atoms with Gasteiger partial charge < -0.3 is 0 Å².